The van der Waals surface area contributed by atoms with E-state index < -0.39 is 5.60 Å². The van der Waals surface area contributed by atoms with Crippen LogP contribution in [-0.2, 0) is 12.8 Å². The van der Waals surface area contributed by atoms with Crippen LogP contribution < -0.4 is 4.90 Å². The van der Waals surface area contributed by atoms with Gasteiger partial charge in [-0.25, -0.2) is 0 Å². The molecule has 3 aromatic rings. The third kappa shape index (κ3) is 5.99. The molecule has 2 saturated heterocycles. The number of hydrogen-bond acceptors (Lipinski definition) is 4. The number of para-hydroxylation sites is 1. The van der Waals surface area contributed by atoms with Crippen LogP contribution in [0.25, 0.3) is 0 Å². The number of rotatable bonds is 9. The highest BCUT2D eigenvalue weighted by Crippen LogP contribution is 2.39. The Morgan fingerprint density at radius 3 is 2.49 bits per heavy atom. The van der Waals surface area contributed by atoms with Gasteiger partial charge in [0.05, 0.1) is 5.60 Å². The Hall–Kier alpha value is -2.14. The van der Waals surface area contributed by atoms with Crippen LogP contribution >= 0.6 is 11.3 Å². The molecule has 4 heteroatoms. The standard InChI is InChI=1S/C31H40N2OS/c1-2-26-12-6-7-13-30(26)33-22-28(29(23-33)27-14-20-35-24-27)21-32-18-16-31(34,17-19-32)15-8-11-25-9-4-3-5-10-25/h3-7,9-10,12-14,20,24,28-29,34H,2,8,11,15-19,21-23H2,1H3. The van der Waals surface area contributed by atoms with Crippen molar-refractivity contribution in [3.63, 3.8) is 0 Å². The van der Waals surface area contributed by atoms with Crippen molar-refractivity contribution in [3.05, 3.63) is 88.1 Å². The first-order valence-electron chi connectivity index (χ1n) is 13.5. The second-order valence-corrected chi connectivity index (χ2v) is 11.5. The Morgan fingerprint density at radius 1 is 0.971 bits per heavy atom. The lowest BCUT2D eigenvalue weighted by Gasteiger charge is -2.39. The highest BCUT2D eigenvalue weighted by Gasteiger charge is 2.38. The van der Waals surface area contributed by atoms with Gasteiger partial charge >= 0.3 is 0 Å². The SMILES string of the molecule is CCc1ccccc1N1CC(CN2CCC(O)(CCCc3ccccc3)CC2)C(c2ccsc2)C1. The summed E-state index contributed by atoms with van der Waals surface area (Å²) in [6, 6.07) is 22.0. The minimum atomic E-state index is -0.486. The number of anilines is 1. The molecule has 2 aromatic carbocycles. The van der Waals surface area contributed by atoms with E-state index in [1.807, 2.05) is 11.3 Å². The molecular formula is C31H40N2OS. The van der Waals surface area contributed by atoms with Crippen molar-refractivity contribution >= 4 is 17.0 Å². The van der Waals surface area contributed by atoms with Gasteiger partial charge in [-0.3, -0.25) is 0 Å². The molecule has 0 spiro atoms. The zero-order chi connectivity index (χ0) is 24.1. The van der Waals surface area contributed by atoms with Gasteiger partial charge in [0.15, 0.2) is 0 Å². The first kappa shape index (κ1) is 24.5. The molecule has 2 unspecified atom stereocenters. The topological polar surface area (TPSA) is 26.7 Å². The molecule has 1 N–H and O–H groups in total. The van der Waals surface area contributed by atoms with Gasteiger partial charge < -0.3 is 14.9 Å². The number of nitrogens with zero attached hydrogens (tertiary/aromatic N) is 2. The molecule has 3 heterocycles. The monoisotopic (exact) mass is 488 g/mol. The summed E-state index contributed by atoms with van der Waals surface area (Å²) in [7, 11) is 0. The lowest BCUT2D eigenvalue weighted by molar-refractivity contribution is -0.0314. The Kier molecular flexibility index (Phi) is 7.91. The summed E-state index contributed by atoms with van der Waals surface area (Å²) in [6.07, 6.45) is 5.93. The van der Waals surface area contributed by atoms with E-state index in [9.17, 15) is 5.11 Å². The molecule has 2 aliphatic rings. The zero-order valence-electron chi connectivity index (χ0n) is 21.1. The van der Waals surface area contributed by atoms with Crippen LogP contribution in [0.1, 0.15) is 55.2 Å². The maximum absolute atomic E-state index is 11.2. The van der Waals surface area contributed by atoms with Crippen molar-refractivity contribution in [1.29, 1.82) is 0 Å². The molecule has 5 rings (SSSR count). The quantitative estimate of drug-likeness (QED) is 0.379. The molecule has 0 saturated carbocycles. The molecule has 1 aromatic heterocycles. The Balaban J connectivity index is 1.18. The molecule has 2 atom stereocenters. The average molecular weight is 489 g/mol. The average Bonchev–Trinajstić information content (AvgIpc) is 3.56. The van der Waals surface area contributed by atoms with E-state index in [0.29, 0.717) is 11.8 Å². The molecule has 0 amide bonds. The number of hydrogen-bond donors (Lipinski definition) is 1. The molecule has 0 bridgehead atoms. The van der Waals surface area contributed by atoms with E-state index in [1.165, 1.54) is 22.4 Å². The van der Waals surface area contributed by atoms with Gasteiger partial charge in [-0.2, -0.15) is 11.3 Å². The van der Waals surface area contributed by atoms with Gasteiger partial charge in [-0.1, -0.05) is 55.5 Å². The number of benzene rings is 2. The fraction of sp³-hybridized carbons (Fsp3) is 0.484. The smallest absolute Gasteiger partial charge is 0.0672 e. The van der Waals surface area contributed by atoms with Gasteiger partial charge in [-0.15, -0.1) is 0 Å². The van der Waals surface area contributed by atoms with E-state index in [0.717, 1.165) is 71.2 Å². The Bertz CT molecular complexity index is 1040. The minimum Gasteiger partial charge on any atom is -0.390 e. The highest BCUT2D eigenvalue weighted by molar-refractivity contribution is 7.08. The lowest BCUT2D eigenvalue weighted by atomic mass is 9.84. The second-order valence-electron chi connectivity index (χ2n) is 10.7. The Morgan fingerprint density at radius 2 is 1.74 bits per heavy atom. The van der Waals surface area contributed by atoms with E-state index in [-0.39, 0.29) is 0 Å². The molecule has 186 valence electrons. The summed E-state index contributed by atoms with van der Waals surface area (Å²) >= 11 is 1.82. The number of likely N-dealkylation sites (tertiary alicyclic amines) is 1. The summed E-state index contributed by atoms with van der Waals surface area (Å²) < 4.78 is 0. The van der Waals surface area contributed by atoms with Crippen LogP contribution in [0.5, 0.6) is 0 Å². The first-order valence-corrected chi connectivity index (χ1v) is 14.4. The molecule has 2 fully saturated rings. The predicted molar refractivity (Wildman–Crippen MR) is 149 cm³/mol. The van der Waals surface area contributed by atoms with Crippen molar-refractivity contribution in [2.75, 3.05) is 37.6 Å². The normalized spacial score (nSPS) is 22.5. The van der Waals surface area contributed by atoms with Crippen LogP contribution in [0.4, 0.5) is 5.69 Å². The number of aliphatic hydroxyl groups is 1. The summed E-state index contributed by atoms with van der Waals surface area (Å²) in [5.41, 5.74) is 5.27. The first-order chi connectivity index (χ1) is 17.1. The largest absolute Gasteiger partial charge is 0.390 e. The van der Waals surface area contributed by atoms with Crippen LogP contribution in [0, 0.1) is 5.92 Å². The molecule has 3 nitrogen and oxygen atoms in total. The lowest BCUT2D eigenvalue weighted by Crippen LogP contribution is -2.46. The minimum absolute atomic E-state index is 0.486. The van der Waals surface area contributed by atoms with Crippen molar-refractivity contribution in [2.24, 2.45) is 5.92 Å². The van der Waals surface area contributed by atoms with Gasteiger partial charge in [0.25, 0.3) is 0 Å². The third-order valence-corrected chi connectivity index (χ3v) is 9.06. The van der Waals surface area contributed by atoms with Crippen molar-refractivity contribution in [1.82, 2.24) is 4.90 Å². The summed E-state index contributed by atoms with van der Waals surface area (Å²) in [4.78, 5) is 5.26. The van der Waals surface area contributed by atoms with Crippen LogP contribution in [0.3, 0.4) is 0 Å². The fourth-order valence-electron chi connectivity index (χ4n) is 6.23. The van der Waals surface area contributed by atoms with Gasteiger partial charge in [0.2, 0.25) is 0 Å². The predicted octanol–water partition coefficient (Wildman–Crippen LogP) is 6.38. The highest BCUT2D eigenvalue weighted by atomic mass is 32.1. The van der Waals surface area contributed by atoms with Crippen LogP contribution in [0.2, 0.25) is 0 Å². The van der Waals surface area contributed by atoms with Gasteiger partial charge in [0, 0.05) is 44.3 Å². The van der Waals surface area contributed by atoms with E-state index in [2.05, 4.69) is 88.1 Å². The molecule has 35 heavy (non-hydrogen) atoms. The van der Waals surface area contributed by atoms with Crippen LogP contribution in [-0.4, -0.2) is 48.3 Å². The zero-order valence-corrected chi connectivity index (χ0v) is 21.9. The Labute approximate surface area is 215 Å². The van der Waals surface area contributed by atoms with Crippen molar-refractivity contribution in [2.45, 2.75) is 57.0 Å². The second kappa shape index (κ2) is 11.3. The fourth-order valence-corrected chi connectivity index (χ4v) is 6.96. The maximum atomic E-state index is 11.2. The van der Waals surface area contributed by atoms with E-state index in [4.69, 9.17) is 0 Å². The molecule has 2 aliphatic heterocycles. The van der Waals surface area contributed by atoms with Gasteiger partial charge in [-0.05, 0) is 84.0 Å². The van der Waals surface area contributed by atoms with Crippen molar-refractivity contribution in [3.8, 4) is 0 Å². The molecule has 0 aliphatic carbocycles. The third-order valence-electron chi connectivity index (χ3n) is 8.36. The summed E-state index contributed by atoms with van der Waals surface area (Å²) in [5, 5.41) is 15.8. The molecular weight excluding hydrogens is 448 g/mol. The number of piperidine rings is 1. The van der Waals surface area contributed by atoms with Crippen LogP contribution in [0.15, 0.2) is 71.4 Å². The number of aryl methyl sites for hydroxylation is 2. The van der Waals surface area contributed by atoms with E-state index in [1.54, 1.807) is 0 Å². The van der Waals surface area contributed by atoms with Crippen molar-refractivity contribution < 1.29 is 5.11 Å². The maximum Gasteiger partial charge on any atom is 0.0672 e. The van der Waals surface area contributed by atoms with E-state index >= 15 is 0 Å². The molecule has 0 radical (unpaired) electrons. The number of thiophene rings is 1. The summed E-state index contributed by atoms with van der Waals surface area (Å²) in [6.45, 7) is 7.65. The summed E-state index contributed by atoms with van der Waals surface area (Å²) in [5.74, 6) is 1.21. The van der Waals surface area contributed by atoms with Gasteiger partial charge in [0.1, 0.15) is 0 Å².